The Hall–Kier alpha value is -1.34. The molecule has 0 N–H and O–H groups in total. The standard InChI is InChI=1S/C19H27N3O2S2/c1-4-14-7-5-6-9-21(14)16(23)12-26-19-20-15-8-10-25-17(15)18(24)22(19)11-13(2)3/h8,10,13-14H,4-7,9,11-12H2,1-3H3. The van der Waals surface area contributed by atoms with Crippen LogP contribution in [0.2, 0.25) is 0 Å². The number of hydrogen-bond donors (Lipinski definition) is 0. The molecule has 7 heteroatoms. The predicted octanol–water partition coefficient (Wildman–Crippen LogP) is 4.00. The first-order valence-electron chi connectivity index (χ1n) is 9.41. The van der Waals surface area contributed by atoms with E-state index < -0.39 is 0 Å². The predicted molar refractivity (Wildman–Crippen MR) is 109 cm³/mol. The average molecular weight is 394 g/mol. The highest BCUT2D eigenvalue weighted by Crippen LogP contribution is 2.24. The Labute approximate surface area is 162 Å². The lowest BCUT2D eigenvalue weighted by molar-refractivity contribution is -0.132. The number of thioether (sulfide) groups is 1. The molecule has 0 saturated carbocycles. The van der Waals surface area contributed by atoms with Crippen LogP contribution >= 0.6 is 23.1 Å². The van der Waals surface area contributed by atoms with Gasteiger partial charge in [0.05, 0.1) is 11.3 Å². The molecule has 5 nitrogen and oxygen atoms in total. The molecule has 1 atom stereocenters. The maximum absolute atomic E-state index is 12.8. The largest absolute Gasteiger partial charge is 0.339 e. The van der Waals surface area contributed by atoms with Crippen LogP contribution in [-0.4, -0.2) is 38.7 Å². The number of rotatable bonds is 6. The second-order valence-electron chi connectivity index (χ2n) is 7.27. The summed E-state index contributed by atoms with van der Waals surface area (Å²) in [5, 5.41) is 2.56. The van der Waals surface area contributed by atoms with E-state index in [9.17, 15) is 9.59 Å². The second-order valence-corrected chi connectivity index (χ2v) is 9.13. The SMILES string of the molecule is CCC1CCCCN1C(=O)CSc1nc2ccsc2c(=O)n1CC(C)C. The number of fused-ring (bicyclic) bond motifs is 1. The van der Waals surface area contributed by atoms with Crippen LogP contribution in [0.4, 0.5) is 0 Å². The summed E-state index contributed by atoms with van der Waals surface area (Å²) in [5.74, 6) is 0.849. The number of thiophene rings is 1. The van der Waals surface area contributed by atoms with Gasteiger partial charge in [-0.25, -0.2) is 4.98 Å². The van der Waals surface area contributed by atoms with Crippen molar-refractivity contribution in [2.45, 2.75) is 64.2 Å². The molecule has 3 rings (SSSR count). The zero-order valence-electron chi connectivity index (χ0n) is 15.7. The molecule has 1 saturated heterocycles. The molecule has 1 aliphatic heterocycles. The van der Waals surface area contributed by atoms with Crippen LogP contribution in [0.15, 0.2) is 21.4 Å². The van der Waals surface area contributed by atoms with Gasteiger partial charge in [0.25, 0.3) is 5.56 Å². The summed E-state index contributed by atoms with van der Waals surface area (Å²) in [6, 6.07) is 2.24. The molecule has 142 valence electrons. The Morgan fingerprint density at radius 1 is 1.42 bits per heavy atom. The quantitative estimate of drug-likeness (QED) is 0.550. The van der Waals surface area contributed by atoms with Crippen molar-refractivity contribution in [2.75, 3.05) is 12.3 Å². The lowest BCUT2D eigenvalue weighted by Crippen LogP contribution is -2.44. The van der Waals surface area contributed by atoms with Gasteiger partial charge < -0.3 is 4.90 Å². The molecule has 3 heterocycles. The van der Waals surface area contributed by atoms with Crippen molar-refractivity contribution in [3.05, 3.63) is 21.8 Å². The molecule has 0 aromatic carbocycles. The van der Waals surface area contributed by atoms with E-state index in [4.69, 9.17) is 0 Å². The lowest BCUT2D eigenvalue weighted by atomic mass is 10.0. The fourth-order valence-electron chi connectivity index (χ4n) is 3.52. The maximum atomic E-state index is 12.8. The van der Waals surface area contributed by atoms with Crippen LogP contribution in [0.1, 0.15) is 46.5 Å². The van der Waals surface area contributed by atoms with E-state index in [-0.39, 0.29) is 11.5 Å². The van der Waals surface area contributed by atoms with E-state index in [0.717, 1.165) is 31.3 Å². The van der Waals surface area contributed by atoms with Gasteiger partial charge in [-0.1, -0.05) is 32.5 Å². The minimum absolute atomic E-state index is 0.0121. The van der Waals surface area contributed by atoms with Crippen LogP contribution < -0.4 is 5.56 Å². The molecular formula is C19H27N3O2S2. The number of piperidine rings is 1. The Bertz CT molecular complexity index is 828. The summed E-state index contributed by atoms with van der Waals surface area (Å²) in [6.45, 7) is 7.80. The zero-order valence-corrected chi connectivity index (χ0v) is 17.4. The number of carbonyl (C=O) groups excluding carboxylic acids is 1. The normalized spacial score (nSPS) is 18.0. The van der Waals surface area contributed by atoms with E-state index in [1.54, 1.807) is 4.57 Å². The van der Waals surface area contributed by atoms with Crippen molar-refractivity contribution in [3.63, 3.8) is 0 Å². The minimum Gasteiger partial charge on any atom is -0.339 e. The number of carbonyl (C=O) groups is 1. The lowest BCUT2D eigenvalue weighted by Gasteiger charge is -2.35. The summed E-state index contributed by atoms with van der Waals surface area (Å²) in [4.78, 5) is 32.3. The van der Waals surface area contributed by atoms with Gasteiger partial charge >= 0.3 is 0 Å². The Morgan fingerprint density at radius 2 is 2.23 bits per heavy atom. The Morgan fingerprint density at radius 3 is 2.96 bits per heavy atom. The van der Waals surface area contributed by atoms with Gasteiger partial charge in [0.15, 0.2) is 5.16 Å². The van der Waals surface area contributed by atoms with Gasteiger partial charge in [0, 0.05) is 19.1 Å². The molecule has 0 bridgehead atoms. The number of nitrogens with zero attached hydrogens (tertiary/aromatic N) is 3. The van der Waals surface area contributed by atoms with Crippen molar-refractivity contribution in [2.24, 2.45) is 5.92 Å². The summed E-state index contributed by atoms with van der Waals surface area (Å²) in [7, 11) is 0. The van der Waals surface area contributed by atoms with Gasteiger partial charge in [-0.15, -0.1) is 11.3 Å². The number of aromatic nitrogens is 2. The fourth-order valence-corrected chi connectivity index (χ4v) is 5.20. The minimum atomic E-state index is 0.0121. The van der Waals surface area contributed by atoms with Crippen molar-refractivity contribution < 1.29 is 4.79 Å². The average Bonchev–Trinajstić information content (AvgIpc) is 3.10. The number of likely N-dealkylation sites (tertiary alicyclic amines) is 1. The van der Waals surface area contributed by atoms with E-state index in [1.165, 1.54) is 29.5 Å². The van der Waals surface area contributed by atoms with Gasteiger partial charge in [0.1, 0.15) is 4.70 Å². The van der Waals surface area contributed by atoms with E-state index in [2.05, 4.69) is 25.8 Å². The molecule has 1 unspecified atom stereocenters. The first kappa shape index (κ1) is 19.4. The molecular weight excluding hydrogens is 366 g/mol. The monoisotopic (exact) mass is 393 g/mol. The molecule has 0 radical (unpaired) electrons. The molecule has 26 heavy (non-hydrogen) atoms. The van der Waals surface area contributed by atoms with Gasteiger partial charge in [-0.05, 0) is 43.0 Å². The maximum Gasteiger partial charge on any atom is 0.272 e. The Balaban J connectivity index is 1.81. The molecule has 0 spiro atoms. The summed E-state index contributed by atoms with van der Waals surface area (Å²) >= 11 is 2.84. The highest BCUT2D eigenvalue weighted by molar-refractivity contribution is 7.99. The Kier molecular flexibility index (Phi) is 6.40. The molecule has 2 aromatic heterocycles. The number of amides is 1. The first-order valence-corrected chi connectivity index (χ1v) is 11.3. The van der Waals surface area contributed by atoms with E-state index >= 15 is 0 Å². The summed E-state index contributed by atoms with van der Waals surface area (Å²) in [6.07, 6.45) is 4.40. The molecule has 2 aromatic rings. The smallest absolute Gasteiger partial charge is 0.272 e. The fraction of sp³-hybridized carbons (Fsp3) is 0.632. The highest BCUT2D eigenvalue weighted by Gasteiger charge is 2.25. The van der Waals surface area contributed by atoms with Crippen molar-refractivity contribution in [1.29, 1.82) is 0 Å². The van der Waals surface area contributed by atoms with Crippen LogP contribution in [0.3, 0.4) is 0 Å². The van der Waals surface area contributed by atoms with Gasteiger partial charge in [0.2, 0.25) is 5.91 Å². The van der Waals surface area contributed by atoms with Crippen molar-refractivity contribution in [1.82, 2.24) is 14.5 Å². The molecule has 1 amide bonds. The third-order valence-electron chi connectivity index (χ3n) is 4.82. The first-order chi connectivity index (χ1) is 12.5. The summed E-state index contributed by atoms with van der Waals surface area (Å²) < 4.78 is 2.44. The van der Waals surface area contributed by atoms with Gasteiger partial charge in [-0.3, -0.25) is 14.2 Å². The third kappa shape index (κ3) is 4.14. The van der Waals surface area contributed by atoms with Crippen LogP contribution in [-0.2, 0) is 11.3 Å². The number of hydrogen-bond acceptors (Lipinski definition) is 5. The third-order valence-corrected chi connectivity index (χ3v) is 6.67. The second kappa shape index (κ2) is 8.57. The molecule has 0 aliphatic carbocycles. The zero-order chi connectivity index (χ0) is 18.7. The van der Waals surface area contributed by atoms with Crippen molar-refractivity contribution >= 4 is 39.2 Å². The van der Waals surface area contributed by atoms with Crippen LogP contribution in [0.5, 0.6) is 0 Å². The van der Waals surface area contributed by atoms with Crippen LogP contribution in [0.25, 0.3) is 10.2 Å². The van der Waals surface area contributed by atoms with E-state index in [1.807, 2.05) is 16.3 Å². The van der Waals surface area contributed by atoms with Crippen molar-refractivity contribution in [3.8, 4) is 0 Å². The molecule has 1 aliphatic rings. The van der Waals surface area contributed by atoms with Gasteiger partial charge in [-0.2, -0.15) is 0 Å². The molecule has 1 fully saturated rings. The topological polar surface area (TPSA) is 55.2 Å². The highest BCUT2D eigenvalue weighted by atomic mass is 32.2. The van der Waals surface area contributed by atoms with Crippen LogP contribution in [0, 0.1) is 5.92 Å². The van der Waals surface area contributed by atoms with E-state index in [0.29, 0.717) is 34.1 Å². The summed E-state index contributed by atoms with van der Waals surface area (Å²) in [5.41, 5.74) is 0.748.